The summed E-state index contributed by atoms with van der Waals surface area (Å²) in [5.41, 5.74) is 8.66. The van der Waals surface area contributed by atoms with E-state index in [-0.39, 0.29) is 6.29 Å². The van der Waals surface area contributed by atoms with Gasteiger partial charge in [0.25, 0.3) is 0 Å². The maximum atomic E-state index is 5.73. The highest BCUT2D eigenvalue weighted by atomic mass is 32.1. The standard InChI is InChI=1S/C5H12N4S/c1-3-9-4(6)8(2)7-5(9)10/h4H,3,6H2,1-2H3,(H,7,10). The average Bonchev–Trinajstić information content (AvgIpc) is 2.09. The predicted octanol–water partition coefficient (Wildman–Crippen LogP) is -0.714. The Kier molecular flexibility index (Phi) is 2.08. The van der Waals surface area contributed by atoms with Crippen molar-refractivity contribution in [1.82, 2.24) is 15.3 Å². The van der Waals surface area contributed by atoms with Crippen LogP contribution in [-0.2, 0) is 0 Å². The van der Waals surface area contributed by atoms with E-state index in [0.717, 1.165) is 6.54 Å². The zero-order valence-electron chi connectivity index (χ0n) is 6.16. The van der Waals surface area contributed by atoms with E-state index in [1.54, 1.807) is 5.01 Å². The van der Waals surface area contributed by atoms with Crippen molar-refractivity contribution in [2.75, 3.05) is 13.6 Å². The van der Waals surface area contributed by atoms with Gasteiger partial charge in [-0.3, -0.25) is 11.2 Å². The summed E-state index contributed by atoms with van der Waals surface area (Å²) >= 11 is 4.99. The van der Waals surface area contributed by atoms with Crippen LogP contribution in [-0.4, -0.2) is 34.9 Å². The van der Waals surface area contributed by atoms with Crippen LogP contribution in [0.15, 0.2) is 0 Å². The van der Waals surface area contributed by atoms with Gasteiger partial charge in [-0.05, 0) is 19.1 Å². The van der Waals surface area contributed by atoms with Crippen LogP contribution in [0.2, 0.25) is 0 Å². The molecule has 0 radical (unpaired) electrons. The summed E-state index contributed by atoms with van der Waals surface area (Å²) in [6.07, 6.45) is -0.113. The highest BCUT2D eigenvalue weighted by molar-refractivity contribution is 7.80. The van der Waals surface area contributed by atoms with Crippen LogP contribution >= 0.6 is 12.2 Å². The molecule has 1 aliphatic heterocycles. The minimum absolute atomic E-state index is 0.113. The largest absolute Gasteiger partial charge is 0.319 e. The Labute approximate surface area is 65.9 Å². The highest BCUT2D eigenvalue weighted by Crippen LogP contribution is 2.04. The molecule has 0 bridgehead atoms. The monoisotopic (exact) mass is 160 g/mol. The van der Waals surface area contributed by atoms with Crippen molar-refractivity contribution in [3.05, 3.63) is 0 Å². The van der Waals surface area contributed by atoms with Crippen molar-refractivity contribution in [3.63, 3.8) is 0 Å². The molecule has 1 aliphatic rings. The zero-order valence-corrected chi connectivity index (χ0v) is 6.98. The molecule has 0 aromatic rings. The third-order valence-electron chi connectivity index (χ3n) is 1.59. The third-order valence-corrected chi connectivity index (χ3v) is 1.92. The molecule has 0 saturated carbocycles. The molecule has 0 aliphatic carbocycles. The summed E-state index contributed by atoms with van der Waals surface area (Å²) in [5.74, 6) is 0. The van der Waals surface area contributed by atoms with E-state index in [1.807, 2.05) is 18.9 Å². The first-order chi connectivity index (χ1) is 4.66. The molecular weight excluding hydrogens is 148 g/mol. The van der Waals surface area contributed by atoms with Gasteiger partial charge in [-0.15, -0.1) is 0 Å². The molecule has 0 aromatic carbocycles. The quantitative estimate of drug-likeness (QED) is 0.496. The summed E-state index contributed by atoms with van der Waals surface area (Å²) in [6.45, 7) is 2.87. The van der Waals surface area contributed by atoms with E-state index < -0.39 is 0 Å². The molecule has 1 unspecified atom stereocenters. The lowest BCUT2D eigenvalue weighted by Crippen LogP contribution is -2.45. The Morgan fingerprint density at radius 2 is 2.40 bits per heavy atom. The first-order valence-electron chi connectivity index (χ1n) is 3.22. The van der Waals surface area contributed by atoms with E-state index in [4.69, 9.17) is 18.0 Å². The van der Waals surface area contributed by atoms with E-state index in [2.05, 4.69) is 5.43 Å². The van der Waals surface area contributed by atoms with Crippen LogP contribution < -0.4 is 11.2 Å². The Bertz CT molecular complexity index is 149. The Balaban J connectivity index is 2.64. The van der Waals surface area contributed by atoms with Gasteiger partial charge in [0.2, 0.25) is 0 Å². The summed E-state index contributed by atoms with van der Waals surface area (Å²) < 4.78 is 0. The van der Waals surface area contributed by atoms with Gasteiger partial charge in [0.05, 0.1) is 0 Å². The predicted molar refractivity (Wildman–Crippen MR) is 43.9 cm³/mol. The molecule has 58 valence electrons. The fraction of sp³-hybridized carbons (Fsp3) is 0.800. The molecule has 0 aromatic heterocycles. The van der Waals surface area contributed by atoms with Crippen molar-refractivity contribution in [2.24, 2.45) is 5.73 Å². The minimum Gasteiger partial charge on any atom is -0.319 e. The van der Waals surface area contributed by atoms with Gasteiger partial charge in [-0.1, -0.05) is 0 Å². The lowest BCUT2D eigenvalue weighted by molar-refractivity contribution is 0.162. The number of rotatable bonds is 1. The Morgan fingerprint density at radius 1 is 1.80 bits per heavy atom. The number of nitrogens with one attached hydrogen (secondary N) is 1. The second-order valence-electron chi connectivity index (χ2n) is 2.23. The SMILES string of the molecule is CCN1C(=S)NN(C)C1N. The second-order valence-corrected chi connectivity index (χ2v) is 2.61. The number of nitrogens with two attached hydrogens (primary N) is 1. The number of thiocarbonyl (C=S) groups is 1. The Morgan fingerprint density at radius 3 is 2.60 bits per heavy atom. The zero-order chi connectivity index (χ0) is 7.72. The normalized spacial score (nSPS) is 27.3. The molecule has 1 fully saturated rings. The molecule has 1 atom stereocenters. The second kappa shape index (κ2) is 2.69. The molecule has 0 spiro atoms. The van der Waals surface area contributed by atoms with E-state index in [1.165, 1.54) is 0 Å². The summed E-state index contributed by atoms with van der Waals surface area (Å²) in [7, 11) is 1.87. The van der Waals surface area contributed by atoms with Gasteiger partial charge >= 0.3 is 0 Å². The van der Waals surface area contributed by atoms with Crippen molar-refractivity contribution < 1.29 is 0 Å². The average molecular weight is 160 g/mol. The van der Waals surface area contributed by atoms with Gasteiger partial charge in [-0.2, -0.15) is 5.01 Å². The van der Waals surface area contributed by atoms with E-state index in [0.29, 0.717) is 5.11 Å². The topological polar surface area (TPSA) is 44.5 Å². The third kappa shape index (κ3) is 1.07. The van der Waals surface area contributed by atoms with E-state index in [9.17, 15) is 0 Å². The van der Waals surface area contributed by atoms with Crippen molar-refractivity contribution in [3.8, 4) is 0 Å². The summed E-state index contributed by atoms with van der Waals surface area (Å²) in [5, 5.41) is 2.49. The molecule has 1 heterocycles. The first-order valence-corrected chi connectivity index (χ1v) is 3.63. The molecule has 3 N–H and O–H groups in total. The van der Waals surface area contributed by atoms with Crippen molar-refractivity contribution >= 4 is 17.3 Å². The summed E-state index contributed by atoms with van der Waals surface area (Å²) in [4.78, 5) is 1.91. The number of hydrogen-bond donors (Lipinski definition) is 2. The Hall–Kier alpha value is -0.390. The van der Waals surface area contributed by atoms with Crippen LogP contribution in [0.3, 0.4) is 0 Å². The van der Waals surface area contributed by atoms with Crippen LogP contribution in [0.25, 0.3) is 0 Å². The fourth-order valence-electron chi connectivity index (χ4n) is 0.941. The maximum Gasteiger partial charge on any atom is 0.186 e. The molecule has 0 amide bonds. The van der Waals surface area contributed by atoms with Crippen LogP contribution in [0.1, 0.15) is 6.92 Å². The van der Waals surface area contributed by atoms with Gasteiger partial charge in [0, 0.05) is 13.6 Å². The van der Waals surface area contributed by atoms with Gasteiger partial charge < -0.3 is 4.90 Å². The number of hydrazine groups is 1. The van der Waals surface area contributed by atoms with Gasteiger partial charge in [0.1, 0.15) is 0 Å². The molecule has 5 heteroatoms. The van der Waals surface area contributed by atoms with Crippen LogP contribution in [0.4, 0.5) is 0 Å². The molecular formula is C5H12N4S. The minimum atomic E-state index is -0.113. The summed E-state index contributed by atoms with van der Waals surface area (Å²) in [6, 6.07) is 0. The number of hydrogen-bond acceptors (Lipinski definition) is 3. The van der Waals surface area contributed by atoms with Crippen LogP contribution in [0.5, 0.6) is 0 Å². The van der Waals surface area contributed by atoms with Crippen LogP contribution in [0, 0.1) is 0 Å². The highest BCUT2D eigenvalue weighted by Gasteiger charge is 2.27. The number of nitrogens with zero attached hydrogens (tertiary/aromatic N) is 2. The van der Waals surface area contributed by atoms with Gasteiger partial charge in [-0.25, -0.2) is 0 Å². The van der Waals surface area contributed by atoms with Gasteiger partial charge in [0.15, 0.2) is 11.4 Å². The maximum absolute atomic E-state index is 5.73. The first kappa shape index (κ1) is 7.71. The molecule has 1 rings (SSSR count). The van der Waals surface area contributed by atoms with Crippen molar-refractivity contribution in [1.29, 1.82) is 0 Å². The fourth-order valence-corrected chi connectivity index (χ4v) is 1.32. The van der Waals surface area contributed by atoms with Crippen molar-refractivity contribution in [2.45, 2.75) is 13.2 Å². The lowest BCUT2D eigenvalue weighted by Gasteiger charge is -2.20. The molecule has 10 heavy (non-hydrogen) atoms. The lowest BCUT2D eigenvalue weighted by atomic mass is 10.6. The molecule has 1 saturated heterocycles. The molecule has 4 nitrogen and oxygen atoms in total. The smallest absolute Gasteiger partial charge is 0.186 e. The van der Waals surface area contributed by atoms with E-state index >= 15 is 0 Å².